The van der Waals surface area contributed by atoms with Crippen molar-refractivity contribution in [1.29, 1.82) is 0 Å². The lowest BCUT2D eigenvalue weighted by Crippen LogP contribution is -2.31. The van der Waals surface area contributed by atoms with Crippen molar-refractivity contribution in [1.82, 2.24) is 4.90 Å². The summed E-state index contributed by atoms with van der Waals surface area (Å²) in [6.45, 7) is 14.2. The summed E-state index contributed by atoms with van der Waals surface area (Å²) in [4.78, 5) is 18.0. The Bertz CT molecular complexity index is 793. The number of unbranched alkanes of at least 4 members (excludes halogenated alkanes) is 3. The average Bonchev–Trinajstić information content (AvgIpc) is 3.06. The zero-order valence-electron chi connectivity index (χ0n) is 22.5. The largest absolute Gasteiger partial charge is 0.391 e. The number of halogens is 4. The Morgan fingerprint density at radius 2 is 1.86 bits per heavy atom. The Morgan fingerprint density at radius 1 is 1.23 bits per heavy atom. The van der Waals surface area contributed by atoms with Gasteiger partial charge in [-0.1, -0.05) is 77.3 Å². The predicted molar refractivity (Wildman–Crippen MR) is 139 cm³/mol. The number of hydrogen-bond acceptors (Lipinski definition) is 2. The van der Waals surface area contributed by atoms with Crippen molar-refractivity contribution in [2.45, 2.75) is 105 Å². The molecule has 1 aliphatic heterocycles. The molecule has 1 rings (SSSR count). The summed E-state index contributed by atoms with van der Waals surface area (Å²) in [7, 11) is 1.82. The van der Waals surface area contributed by atoms with E-state index in [1.807, 2.05) is 57.9 Å². The molecule has 0 aromatic heterocycles. The van der Waals surface area contributed by atoms with Crippen LogP contribution in [0.5, 0.6) is 0 Å². The first kappa shape index (κ1) is 32.8. The van der Waals surface area contributed by atoms with Gasteiger partial charge < -0.3 is 4.90 Å². The van der Waals surface area contributed by atoms with Crippen LogP contribution in [-0.2, 0) is 4.79 Å². The van der Waals surface area contributed by atoms with Crippen LogP contribution in [0.4, 0.5) is 17.6 Å². The van der Waals surface area contributed by atoms with E-state index in [0.29, 0.717) is 24.4 Å². The summed E-state index contributed by atoms with van der Waals surface area (Å²) < 4.78 is 50.4. The zero-order chi connectivity index (χ0) is 27.2. The first-order valence-electron chi connectivity index (χ1n) is 12.5. The van der Waals surface area contributed by atoms with E-state index < -0.39 is 18.3 Å². The van der Waals surface area contributed by atoms with E-state index in [0.717, 1.165) is 36.8 Å². The monoisotopic (exact) mass is 500 g/mol. The highest BCUT2D eigenvalue weighted by Gasteiger charge is 2.37. The zero-order valence-corrected chi connectivity index (χ0v) is 22.5. The summed E-state index contributed by atoms with van der Waals surface area (Å²) in [6, 6.07) is -0.104. The molecule has 3 atom stereocenters. The number of likely N-dealkylation sites (N-methyl/N-ethyl adjacent to an activating group) is 1. The molecule has 0 radical (unpaired) electrons. The van der Waals surface area contributed by atoms with Crippen LogP contribution in [-0.4, -0.2) is 42.0 Å². The summed E-state index contributed by atoms with van der Waals surface area (Å²) in [5.41, 5.74) is 2.24. The molecule has 7 heteroatoms. The van der Waals surface area contributed by atoms with Gasteiger partial charge in [0.15, 0.2) is 12.0 Å². The third-order valence-corrected chi connectivity index (χ3v) is 6.14. The lowest BCUT2D eigenvalue weighted by Gasteiger charge is -2.23. The molecule has 35 heavy (non-hydrogen) atoms. The van der Waals surface area contributed by atoms with Gasteiger partial charge in [0.1, 0.15) is 11.5 Å². The minimum absolute atomic E-state index is 0.104. The number of allylic oxidation sites excluding steroid dienone is 5. The highest BCUT2D eigenvalue weighted by molar-refractivity contribution is 5.99. The van der Waals surface area contributed by atoms with Gasteiger partial charge in [0.2, 0.25) is 0 Å². The normalized spacial score (nSPS) is 21.6. The molecule has 3 nitrogen and oxygen atoms in total. The number of rotatable bonds is 11. The Balaban J connectivity index is 0.000000814. The molecule has 0 spiro atoms. The summed E-state index contributed by atoms with van der Waals surface area (Å²) in [6.07, 6.45) is 7.37. The molecule has 1 fully saturated rings. The summed E-state index contributed by atoms with van der Waals surface area (Å²) in [5.74, 6) is -0.932. The first-order valence-corrected chi connectivity index (χ1v) is 12.5. The number of ketones is 1. The maximum absolute atomic E-state index is 14.5. The van der Waals surface area contributed by atoms with Crippen LogP contribution >= 0.6 is 0 Å². The second-order valence-corrected chi connectivity index (χ2v) is 9.03. The highest BCUT2D eigenvalue weighted by atomic mass is 19.4. The van der Waals surface area contributed by atoms with Crippen LogP contribution in [0.3, 0.4) is 0 Å². The van der Waals surface area contributed by atoms with E-state index in [2.05, 4.69) is 11.6 Å². The molecule has 0 amide bonds. The number of hydrogen-bond donors (Lipinski definition) is 0. The van der Waals surface area contributed by atoms with Gasteiger partial charge in [-0.05, 0) is 37.8 Å². The van der Waals surface area contributed by atoms with Gasteiger partial charge >= 0.3 is 6.18 Å². The first-order chi connectivity index (χ1) is 16.3. The standard InChI is InChI=1S/C19H27FN2O.C9H17F3/c1-7-10-15(11-8-2)17-12-16(20)19(22(17)6)21-18(14(5)23)13(4)9-3;1-3-4-5-6-7-8(2)9(10,11)12/h7-8,10-11,16-17H,1,9,12H2,2-6H3;8H,3-7H2,1-2H3/b11-8-,15-10+,18-13?,21-19?;. The number of Topliss-reactive ketones (excluding diaryl/α,β-unsaturated/α-hetero) is 1. The quantitative estimate of drug-likeness (QED) is 0.123. The van der Waals surface area contributed by atoms with Gasteiger partial charge in [-0.3, -0.25) is 4.79 Å². The number of carbonyl (C=O) groups excluding carboxylic acids is 1. The molecule has 0 aliphatic carbocycles. The molecule has 0 saturated carbocycles. The Labute approximate surface area is 209 Å². The number of aliphatic imine (C=N–C) groups is 1. The minimum Gasteiger partial charge on any atom is -0.353 e. The number of nitrogens with zero attached hydrogens (tertiary/aromatic N) is 2. The van der Waals surface area contributed by atoms with Gasteiger partial charge in [-0.2, -0.15) is 13.2 Å². The number of alkyl halides is 4. The van der Waals surface area contributed by atoms with E-state index in [1.165, 1.54) is 13.8 Å². The molecule has 0 N–H and O–H groups in total. The van der Waals surface area contributed by atoms with Crippen molar-refractivity contribution in [3.8, 4) is 0 Å². The fourth-order valence-corrected chi connectivity index (χ4v) is 3.75. The van der Waals surface area contributed by atoms with Gasteiger partial charge in [0.05, 0.1) is 12.0 Å². The molecular weight excluding hydrogens is 456 g/mol. The van der Waals surface area contributed by atoms with Crippen molar-refractivity contribution in [3.63, 3.8) is 0 Å². The molecule has 0 aromatic rings. The van der Waals surface area contributed by atoms with Crippen molar-refractivity contribution in [3.05, 3.63) is 47.7 Å². The fraction of sp³-hybridized carbons (Fsp3) is 0.643. The maximum Gasteiger partial charge on any atom is 0.391 e. The second-order valence-electron chi connectivity index (χ2n) is 9.03. The predicted octanol–water partition coefficient (Wildman–Crippen LogP) is 8.54. The van der Waals surface area contributed by atoms with Crippen LogP contribution in [0, 0.1) is 5.92 Å². The smallest absolute Gasteiger partial charge is 0.353 e. The van der Waals surface area contributed by atoms with Gasteiger partial charge in [0, 0.05) is 20.4 Å². The maximum atomic E-state index is 14.5. The van der Waals surface area contributed by atoms with Crippen LogP contribution in [0.25, 0.3) is 0 Å². The molecule has 1 saturated heterocycles. The van der Waals surface area contributed by atoms with Gasteiger partial charge in [0.25, 0.3) is 0 Å². The van der Waals surface area contributed by atoms with Gasteiger partial charge in [-0.15, -0.1) is 0 Å². The average molecular weight is 501 g/mol. The van der Waals surface area contributed by atoms with E-state index in [1.54, 1.807) is 6.08 Å². The molecule has 1 aliphatic rings. The molecule has 1 heterocycles. The third kappa shape index (κ3) is 11.4. The van der Waals surface area contributed by atoms with Crippen molar-refractivity contribution >= 4 is 11.6 Å². The van der Waals surface area contributed by atoms with E-state index in [9.17, 15) is 22.4 Å². The van der Waals surface area contributed by atoms with Crippen LogP contribution in [0.15, 0.2) is 52.7 Å². The lowest BCUT2D eigenvalue weighted by atomic mass is 10.0. The number of amidine groups is 1. The molecule has 0 aromatic carbocycles. The minimum atomic E-state index is -3.99. The van der Waals surface area contributed by atoms with Gasteiger partial charge in [-0.25, -0.2) is 9.38 Å². The number of carbonyl (C=O) groups is 1. The Hall–Kier alpha value is -2.18. The van der Waals surface area contributed by atoms with Crippen molar-refractivity contribution < 1.29 is 22.4 Å². The van der Waals surface area contributed by atoms with E-state index in [-0.39, 0.29) is 18.2 Å². The Morgan fingerprint density at radius 3 is 2.31 bits per heavy atom. The second kappa shape index (κ2) is 16.5. The molecule has 200 valence electrons. The fourth-order valence-electron chi connectivity index (χ4n) is 3.75. The molecular formula is C28H44F4N2O. The van der Waals surface area contributed by atoms with Crippen molar-refractivity contribution in [2.24, 2.45) is 10.9 Å². The lowest BCUT2D eigenvalue weighted by molar-refractivity contribution is -0.171. The topological polar surface area (TPSA) is 32.7 Å². The Kier molecular flexibility index (Phi) is 15.5. The van der Waals surface area contributed by atoms with Crippen LogP contribution in [0.2, 0.25) is 0 Å². The summed E-state index contributed by atoms with van der Waals surface area (Å²) in [5, 5.41) is 0. The third-order valence-electron chi connectivity index (χ3n) is 6.14. The van der Waals surface area contributed by atoms with E-state index in [4.69, 9.17) is 0 Å². The van der Waals surface area contributed by atoms with E-state index >= 15 is 0 Å². The number of likely N-dealkylation sites (tertiary alicyclic amines) is 1. The highest BCUT2D eigenvalue weighted by Crippen LogP contribution is 2.30. The van der Waals surface area contributed by atoms with Crippen molar-refractivity contribution in [2.75, 3.05) is 7.05 Å². The summed E-state index contributed by atoms with van der Waals surface area (Å²) >= 11 is 0. The van der Waals surface area contributed by atoms with Crippen LogP contribution in [0.1, 0.15) is 86.5 Å². The van der Waals surface area contributed by atoms with Crippen LogP contribution < -0.4 is 0 Å². The molecule has 0 bridgehead atoms. The molecule has 3 unspecified atom stereocenters. The SMILES string of the molecule is C=C/C=C(\C=C/C)C1CC(F)C(=NC(C(C)=O)=C(C)CC)N1C.CCCCCCC(C)C(F)(F)F.